The normalized spacial score (nSPS) is 22.4. The predicted octanol–water partition coefficient (Wildman–Crippen LogP) is 5.87. The lowest BCUT2D eigenvalue weighted by molar-refractivity contribution is -0.00208. The van der Waals surface area contributed by atoms with E-state index in [1.54, 1.807) is 0 Å². The molecule has 2 rings (SSSR count). The number of hydrogen-bond acceptors (Lipinski definition) is 1. The molecule has 0 radical (unpaired) electrons. The topological polar surface area (TPSA) is 9.23 Å². The lowest BCUT2D eigenvalue weighted by atomic mass is 9.89. The first kappa shape index (κ1) is 16.5. The van der Waals surface area contributed by atoms with Gasteiger partial charge in [-0.1, -0.05) is 63.8 Å². The minimum Gasteiger partial charge on any atom is -0.378 e. The molecule has 1 aliphatic rings. The van der Waals surface area contributed by atoms with Crippen LogP contribution in [0.2, 0.25) is 0 Å². The highest BCUT2D eigenvalue weighted by Crippen LogP contribution is 2.30. The second-order valence-corrected chi connectivity index (χ2v) is 6.57. The molecule has 0 saturated carbocycles. The number of benzene rings is 1. The Hall–Kier alpha value is -0.820. The molecule has 0 N–H and O–H groups in total. The van der Waals surface area contributed by atoms with Crippen LogP contribution in [0.25, 0.3) is 0 Å². The summed E-state index contributed by atoms with van der Waals surface area (Å²) in [6, 6.07) is 9.30. The Balaban J connectivity index is 1.76. The van der Waals surface area contributed by atoms with Gasteiger partial charge in [-0.3, -0.25) is 0 Å². The number of unbranched alkanes of at least 4 members (excludes halogenated alkanes) is 3. The van der Waals surface area contributed by atoms with E-state index in [9.17, 15) is 0 Å². The Morgan fingerprint density at radius 1 is 0.952 bits per heavy atom. The van der Waals surface area contributed by atoms with E-state index in [0.29, 0.717) is 12.0 Å². The van der Waals surface area contributed by atoms with E-state index in [-0.39, 0.29) is 0 Å². The molecule has 1 heterocycles. The Morgan fingerprint density at radius 3 is 2.33 bits per heavy atom. The summed E-state index contributed by atoms with van der Waals surface area (Å²) in [6.45, 7) is 5.44. The molecular formula is C20H32O. The van der Waals surface area contributed by atoms with Crippen molar-refractivity contribution in [2.75, 3.05) is 6.61 Å². The Bertz CT molecular complexity index is 373. The van der Waals surface area contributed by atoms with Crippen LogP contribution in [0.4, 0.5) is 0 Å². The van der Waals surface area contributed by atoms with Gasteiger partial charge in [-0.15, -0.1) is 0 Å². The van der Waals surface area contributed by atoms with Crippen molar-refractivity contribution in [1.29, 1.82) is 0 Å². The van der Waals surface area contributed by atoms with Crippen molar-refractivity contribution >= 4 is 0 Å². The smallest absolute Gasteiger partial charge is 0.0575 e. The van der Waals surface area contributed by atoms with Crippen LogP contribution in [-0.2, 0) is 11.2 Å². The summed E-state index contributed by atoms with van der Waals surface area (Å²) in [5.74, 6) is 0.618. The first-order valence-electron chi connectivity index (χ1n) is 9.04. The first-order chi connectivity index (χ1) is 10.3. The average Bonchev–Trinajstić information content (AvgIpc) is 2.54. The van der Waals surface area contributed by atoms with Crippen LogP contribution in [0.15, 0.2) is 24.3 Å². The molecule has 21 heavy (non-hydrogen) atoms. The molecule has 0 spiro atoms. The van der Waals surface area contributed by atoms with Crippen molar-refractivity contribution in [3.63, 3.8) is 0 Å². The molecule has 0 amide bonds. The zero-order valence-electron chi connectivity index (χ0n) is 13.9. The maximum Gasteiger partial charge on any atom is 0.0575 e. The molecule has 1 aromatic rings. The molecule has 0 aliphatic carbocycles. The number of hydrogen-bond donors (Lipinski definition) is 0. The fourth-order valence-electron chi connectivity index (χ4n) is 3.26. The highest BCUT2D eigenvalue weighted by atomic mass is 16.5. The van der Waals surface area contributed by atoms with Crippen LogP contribution >= 0.6 is 0 Å². The van der Waals surface area contributed by atoms with Crippen molar-refractivity contribution in [1.82, 2.24) is 0 Å². The average molecular weight is 288 g/mol. The molecule has 0 aromatic heterocycles. The fourth-order valence-corrected chi connectivity index (χ4v) is 3.26. The summed E-state index contributed by atoms with van der Waals surface area (Å²) >= 11 is 0. The van der Waals surface area contributed by atoms with Gasteiger partial charge in [0, 0.05) is 5.92 Å². The second kappa shape index (κ2) is 9.25. The van der Waals surface area contributed by atoms with Gasteiger partial charge < -0.3 is 4.74 Å². The monoisotopic (exact) mass is 288 g/mol. The Morgan fingerprint density at radius 2 is 1.71 bits per heavy atom. The highest BCUT2D eigenvalue weighted by molar-refractivity contribution is 5.26. The summed E-state index contributed by atoms with van der Waals surface area (Å²) in [5.41, 5.74) is 2.96. The van der Waals surface area contributed by atoms with Gasteiger partial charge >= 0.3 is 0 Å². The van der Waals surface area contributed by atoms with Gasteiger partial charge in [-0.25, -0.2) is 0 Å². The molecule has 1 nitrogen and oxygen atoms in total. The SMILES string of the molecule is CCCCCC1CCC(c2ccc(CCCC)cc2)CO1. The number of rotatable bonds is 8. The zero-order chi connectivity index (χ0) is 14.9. The summed E-state index contributed by atoms with van der Waals surface area (Å²) in [6.07, 6.45) is 12.1. The Kier molecular flexibility index (Phi) is 7.29. The van der Waals surface area contributed by atoms with E-state index in [1.807, 2.05) is 0 Å². The minimum absolute atomic E-state index is 0.525. The van der Waals surface area contributed by atoms with Crippen LogP contribution in [0.3, 0.4) is 0 Å². The third kappa shape index (κ3) is 5.47. The summed E-state index contributed by atoms with van der Waals surface area (Å²) in [4.78, 5) is 0. The highest BCUT2D eigenvalue weighted by Gasteiger charge is 2.22. The van der Waals surface area contributed by atoms with Crippen LogP contribution in [0, 0.1) is 0 Å². The lowest BCUT2D eigenvalue weighted by Crippen LogP contribution is -2.24. The van der Waals surface area contributed by atoms with Crippen LogP contribution < -0.4 is 0 Å². The van der Waals surface area contributed by atoms with Crippen molar-refractivity contribution in [3.8, 4) is 0 Å². The van der Waals surface area contributed by atoms with E-state index >= 15 is 0 Å². The minimum atomic E-state index is 0.525. The maximum absolute atomic E-state index is 6.09. The molecule has 1 heteroatoms. The van der Waals surface area contributed by atoms with Gasteiger partial charge in [-0.05, 0) is 43.2 Å². The van der Waals surface area contributed by atoms with Crippen LogP contribution in [-0.4, -0.2) is 12.7 Å². The van der Waals surface area contributed by atoms with E-state index in [2.05, 4.69) is 38.1 Å². The first-order valence-corrected chi connectivity index (χ1v) is 9.04. The van der Waals surface area contributed by atoms with Crippen molar-refractivity contribution < 1.29 is 4.74 Å². The predicted molar refractivity (Wildman–Crippen MR) is 90.9 cm³/mol. The van der Waals surface area contributed by atoms with Crippen molar-refractivity contribution in [3.05, 3.63) is 35.4 Å². The quantitative estimate of drug-likeness (QED) is 0.543. The molecule has 2 atom stereocenters. The second-order valence-electron chi connectivity index (χ2n) is 6.57. The summed E-state index contributed by atoms with van der Waals surface area (Å²) in [5, 5.41) is 0. The van der Waals surface area contributed by atoms with E-state index in [1.165, 1.54) is 68.9 Å². The van der Waals surface area contributed by atoms with E-state index in [4.69, 9.17) is 4.74 Å². The molecule has 1 saturated heterocycles. The van der Waals surface area contributed by atoms with Gasteiger partial charge in [0.05, 0.1) is 12.7 Å². The third-order valence-corrected chi connectivity index (χ3v) is 4.77. The Labute approximate surface area is 131 Å². The summed E-state index contributed by atoms with van der Waals surface area (Å²) in [7, 11) is 0. The fraction of sp³-hybridized carbons (Fsp3) is 0.700. The van der Waals surface area contributed by atoms with Gasteiger partial charge in [0.15, 0.2) is 0 Å². The van der Waals surface area contributed by atoms with E-state index < -0.39 is 0 Å². The van der Waals surface area contributed by atoms with Gasteiger partial charge in [-0.2, -0.15) is 0 Å². The van der Waals surface area contributed by atoms with Crippen LogP contribution in [0.5, 0.6) is 0 Å². The molecule has 1 aliphatic heterocycles. The number of ether oxygens (including phenoxy) is 1. The molecule has 1 aromatic carbocycles. The van der Waals surface area contributed by atoms with Gasteiger partial charge in [0.2, 0.25) is 0 Å². The number of aryl methyl sites for hydroxylation is 1. The standard InChI is InChI=1S/C20H32O/c1-3-5-7-9-20-15-14-19(16-21-20)18-12-10-17(11-13-18)8-6-4-2/h10-13,19-20H,3-9,14-16H2,1-2H3. The van der Waals surface area contributed by atoms with Gasteiger partial charge in [0.25, 0.3) is 0 Å². The molecular weight excluding hydrogens is 256 g/mol. The molecule has 118 valence electrons. The largest absolute Gasteiger partial charge is 0.378 e. The van der Waals surface area contributed by atoms with Crippen molar-refractivity contribution in [2.45, 2.75) is 83.7 Å². The lowest BCUT2D eigenvalue weighted by Gasteiger charge is -2.29. The van der Waals surface area contributed by atoms with Crippen molar-refractivity contribution in [2.24, 2.45) is 0 Å². The van der Waals surface area contributed by atoms with Crippen LogP contribution in [0.1, 0.15) is 82.3 Å². The molecule has 0 bridgehead atoms. The van der Waals surface area contributed by atoms with Gasteiger partial charge in [0.1, 0.15) is 0 Å². The molecule has 1 fully saturated rings. The zero-order valence-corrected chi connectivity index (χ0v) is 13.9. The maximum atomic E-state index is 6.09. The van der Waals surface area contributed by atoms with E-state index in [0.717, 1.165) is 6.61 Å². The third-order valence-electron chi connectivity index (χ3n) is 4.77. The molecule has 2 unspecified atom stereocenters. The summed E-state index contributed by atoms with van der Waals surface area (Å²) < 4.78 is 6.09.